The highest BCUT2D eigenvalue weighted by Gasteiger charge is 2.39. The Bertz CT molecular complexity index is 836. The quantitative estimate of drug-likeness (QED) is 0.361. The fraction of sp³-hybridized carbons (Fsp3) is 0.478. The SMILES string of the molecule is CC(C)[C@@H]1CC[C@@H](C)C[C@H]1[C@@H](OC(=O)c1ccc([N+](=O)[O-])cc1)c1ccccn1. The standard InChI is InChI=1S/C23H28N2O4/c1-15(2)19-12-7-16(3)14-20(19)22(21-6-4-5-13-24-21)29-23(26)17-8-10-18(11-9-17)25(27)28/h4-6,8-11,13,15-16,19-20,22H,7,12,14H2,1-3H3/t16-,19+,20-,22-/m1/s1. The fourth-order valence-corrected chi connectivity index (χ4v) is 4.44. The summed E-state index contributed by atoms with van der Waals surface area (Å²) < 4.78 is 6.02. The summed E-state index contributed by atoms with van der Waals surface area (Å²) in [7, 11) is 0. The zero-order valence-electron chi connectivity index (χ0n) is 17.2. The number of carbonyl (C=O) groups is 1. The van der Waals surface area contributed by atoms with E-state index in [0.717, 1.165) is 18.5 Å². The molecule has 1 aromatic carbocycles. The van der Waals surface area contributed by atoms with Crippen LogP contribution in [0.2, 0.25) is 0 Å². The zero-order valence-corrected chi connectivity index (χ0v) is 17.2. The summed E-state index contributed by atoms with van der Waals surface area (Å²) in [5.74, 6) is 1.21. The molecule has 2 aromatic rings. The lowest BCUT2D eigenvalue weighted by Crippen LogP contribution is -2.34. The van der Waals surface area contributed by atoms with Gasteiger partial charge >= 0.3 is 5.97 Å². The molecule has 0 bridgehead atoms. The number of rotatable bonds is 6. The average molecular weight is 396 g/mol. The van der Waals surface area contributed by atoms with Crippen molar-refractivity contribution < 1.29 is 14.5 Å². The van der Waals surface area contributed by atoms with E-state index in [0.29, 0.717) is 23.3 Å². The van der Waals surface area contributed by atoms with Crippen LogP contribution in [0.5, 0.6) is 0 Å². The van der Waals surface area contributed by atoms with Gasteiger partial charge in [-0.25, -0.2) is 4.79 Å². The molecule has 1 fully saturated rings. The molecule has 6 heteroatoms. The highest BCUT2D eigenvalue weighted by molar-refractivity contribution is 5.89. The highest BCUT2D eigenvalue weighted by atomic mass is 16.6. The first kappa shape index (κ1) is 21.0. The molecule has 0 N–H and O–H groups in total. The maximum Gasteiger partial charge on any atom is 0.338 e. The number of benzene rings is 1. The van der Waals surface area contributed by atoms with Gasteiger partial charge in [0, 0.05) is 24.2 Å². The van der Waals surface area contributed by atoms with Crippen LogP contribution in [0, 0.1) is 33.8 Å². The van der Waals surface area contributed by atoms with Gasteiger partial charge in [-0.15, -0.1) is 0 Å². The topological polar surface area (TPSA) is 82.3 Å². The number of esters is 1. The zero-order chi connectivity index (χ0) is 21.0. The van der Waals surface area contributed by atoms with Crippen molar-refractivity contribution in [3.8, 4) is 0 Å². The Hall–Kier alpha value is -2.76. The smallest absolute Gasteiger partial charge is 0.338 e. The lowest BCUT2D eigenvalue weighted by Gasteiger charge is -2.41. The van der Waals surface area contributed by atoms with Crippen molar-refractivity contribution in [1.82, 2.24) is 4.98 Å². The van der Waals surface area contributed by atoms with E-state index in [1.165, 1.54) is 30.7 Å². The van der Waals surface area contributed by atoms with Crippen LogP contribution in [-0.2, 0) is 4.74 Å². The first-order valence-electron chi connectivity index (χ1n) is 10.2. The third kappa shape index (κ3) is 5.00. The minimum atomic E-state index is -0.484. The second kappa shape index (κ2) is 9.16. The molecule has 1 aliphatic rings. The lowest BCUT2D eigenvalue weighted by atomic mass is 9.67. The molecule has 1 saturated carbocycles. The highest BCUT2D eigenvalue weighted by Crippen LogP contribution is 2.45. The molecule has 1 heterocycles. The molecular weight excluding hydrogens is 368 g/mol. The summed E-state index contributed by atoms with van der Waals surface area (Å²) in [5, 5.41) is 10.9. The normalized spacial score (nSPS) is 22.8. The van der Waals surface area contributed by atoms with E-state index < -0.39 is 17.0 Å². The summed E-state index contributed by atoms with van der Waals surface area (Å²) in [6.07, 6.45) is 4.57. The van der Waals surface area contributed by atoms with Crippen LogP contribution in [0.4, 0.5) is 5.69 Å². The van der Waals surface area contributed by atoms with Gasteiger partial charge in [0.15, 0.2) is 0 Å². The van der Waals surface area contributed by atoms with Gasteiger partial charge in [0.05, 0.1) is 16.2 Å². The summed E-state index contributed by atoms with van der Waals surface area (Å²) in [4.78, 5) is 27.8. The van der Waals surface area contributed by atoms with Crippen molar-refractivity contribution in [3.63, 3.8) is 0 Å². The van der Waals surface area contributed by atoms with E-state index in [-0.39, 0.29) is 11.6 Å². The van der Waals surface area contributed by atoms with Gasteiger partial charge in [0.2, 0.25) is 0 Å². The van der Waals surface area contributed by atoms with Gasteiger partial charge in [-0.3, -0.25) is 15.1 Å². The molecular formula is C23H28N2O4. The van der Waals surface area contributed by atoms with Gasteiger partial charge < -0.3 is 4.74 Å². The number of nitro groups is 1. The number of carbonyl (C=O) groups excluding carboxylic acids is 1. The Kier molecular flexibility index (Phi) is 6.62. The Morgan fingerprint density at radius 3 is 2.45 bits per heavy atom. The van der Waals surface area contributed by atoms with Crippen molar-refractivity contribution in [2.75, 3.05) is 0 Å². The Balaban J connectivity index is 1.89. The summed E-state index contributed by atoms with van der Waals surface area (Å²) in [5.41, 5.74) is 1.01. The van der Waals surface area contributed by atoms with Crippen LogP contribution in [-0.4, -0.2) is 15.9 Å². The molecule has 6 nitrogen and oxygen atoms in total. The Morgan fingerprint density at radius 2 is 1.86 bits per heavy atom. The number of non-ortho nitro benzene ring substituents is 1. The van der Waals surface area contributed by atoms with Crippen molar-refractivity contribution in [1.29, 1.82) is 0 Å². The predicted molar refractivity (Wildman–Crippen MR) is 110 cm³/mol. The number of nitro benzene ring substituents is 1. The predicted octanol–water partition coefficient (Wildman–Crippen LogP) is 5.60. The minimum absolute atomic E-state index is 0.0520. The molecule has 29 heavy (non-hydrogen) atoms. The van der Waals surface area contributed by atoms with Crippen LogP contribution in [0.15, 0.2) is 48.7 Å². The fourth-order valence-electron chi connectivity index (χ4n) is 4.44. The van der Waals surface area contributed by atoms with E-state index >= 15 is 0 Å². The summed E-state index contributed by atoms with van der Waals surface area (Å²) in [6.45, 7) is 6.69. The largest absolute Gasteiger partial charge is 0.452 e. The molecule has 0 spiro atoms. The summed E-state index contributed by atoms with van der Waals surface area (Å²) >= 11 is 0. The number of pyridine rings is 1. The van der Waals surface area contributed by atoms with Crippen molar-refractivity contribution in [2.45, 2.75) is 46.1 Å². The minimum Gasteiger partial charge on any atom is -0.452 e. The molecule has 1 aromatic heterocycles. The first-order valence-corrected chi connectivity index (χ1v) is 10.2. The van der Waals surface area contributed by atoms with Gasteiger partial charge in [-0.2, -0.15) is 0 Å². The van der Waals surface area contributed by atoms with Crippen molar-refractivity contribution in [3.05, 3.63) is 70.0 Å². The van der Waals surface area contributed by atoms with E-state index in [1.807, 2.05) is 18.2 Å². The number of aromatic nitrogens is 1. The number of hydrogen-bond donors (Lipinski definition) is 0. The molecule has 1 aliphatic carbocycles. The second-order valence-electron chi connectivity index (χ2n) is 8.37. The monoisotopic (exact) mass is 396 g/mol. The Labute approximate surface area is 171 Å². The van der Waals surface area contributed by atoms with Crippen LogP contribution < -0.4 is 0 Å². The maximum atomic E-state index is 12.9. The van der Waals surface area contributed by atoms with Gasteiger partial charge in [-0.05, 0) is 54.9 Å². The van der Waals surface area contributed by atoms with Crippen molar-refractivity contribution in [2.24, 2.45) is 23.7 Å². The van der Waals surface area contributed by atoms with E-state index in [1.54, 1.807) is 6.20 Å². The number of nitrogens with zero attached hydrogens (tertiary/aromatic N) is 2. The van der Waals surface area contributed by atoms with Crippen molar-refractivity contribution >= 4 is 11.7 Å². The molecule has 0 amide bonds. The lowest BCUT2D eigenvalue weighted by molar-refractivity contribution is -0.384. The molecule has 4 atom stereocenters. The third-order valence-electron chi connectivity index (χ3n) is 5.99. The molecule has 0 radical (unpaired) electrons. The van der Waals surface area contributed by atoms with Gasteiger partial charge in [-0.1, -0.05) is 33.3 Å². The number of hydrogen-bond acceptors (Lipinski definition) is 5. The Morgan fingerprint density at radius 1 is 1.14 bits per heavy atom. The number of ether oxygens (including phenoxy) is 1. The van der Waals surface area contributed by atoms with Crippen LogP contribution >= 0.6 is 0 Å². The van der Waals surface area contributed by atoms with E-state index in [9.17, 15) is 14.9 Å². The van der Waals surface area contributed by atoms with Gasteiger partial charge in [0.1, 0.15) is 6.10 Å². The van der Waals surface area contributed by atoms with E-state index in [2.05, 4.69) is 25.8 Å². The van der Waals surface area contributed by atoms with E-state index in [4.69, 9.17) is 4.74 Å². The molecule has 0 saturated heterocycles. The molecule has 0 unspecified atom stereocenters. The molecule has 0 aliphatic heterocycles. The van der Waals surface area contributed by atoms with Crippen LogP contribution in [0.3, 0.4) is 0 Å². The third-order valence-corrected chi connectivity index (χ3v) is 5.99. The second-order valence-corrected chi connectivity index (χ2v) is 8.37. The van der Waals surface area contributed by atoms with Crippen LogP contribution in [0.25, 0.3) is 0 Å². The average Bonchev–Trinajstić information content (AvgIpc) is 2.72. The summed E-state index contributed by atoms with van der Waals surface area (Å²) in [6, 6.07) is 11.2. The molecule has 3 rings (SSSR count). The van der Waals surface area contributed by atoms with Gasteiger partial charge in [0.25, 0.3) is 5.69 Å². The van der Waals surface area contributed by atoms with Crippen LogP contribution in [0.1, 0.15) is 62.2 Å². The maximum absolute atomic E-state index is 12.9. The first-order chi connectivity index (χ1) is 13.9. The molecule has 154 valence electrons.